The van der Waals surface area contributed by atoms with Gasteiger partial charge in [0.1, 0.15) is 18.0 Å². The number of hydrogen-bond acceptors (Lipinski definition) is 5. The number of carbonyl (C=O) groups is 1. The van der Waals surface area contributed by atoms with Gasteiger partial charge in [-0.1, -0.05) is 0 Å². The van der Waals surface area contributed by atoms with Crippen LogP contribution in [0, 0.1) is 0 Å². The Morgan fingerprint density at radius 3 is 2.71 bits per heavy atom. The summed E-state index contributed by atoms with van der Waals surface area (Å²) in [6.07, 6.45) is -2.53. The third kappa shape index (κ3) is 3.61. The first-order valence-electron chi connectivity index (χ1n) is 5.10. The van der Waals surface area contributed by atoms with E-state index in [9.17, 15) is 20.1 Å². The Kier molecular flexibility index (Phi) is 4.30. The summed E-state index contributed by atoms with van der Waals surface area (Å²) in [5.74, 6) is -0.471. The molecule has 0 aliphatic heterocycles. The zero-order valence-corrected chi connectivity index (χ0v) is 9.42. The Labute approximate surface area is 98.7 Å². The molecule has 0 aliphatic carbocycles. The molecular weight excluding hydrogens is 224 g/mol. The zero-order valence-electron chi connectivity index (χ0n) is 9.42. The predicted molar refractivity (Wildman–Crippen MR) is 62.2 cm³/mol. The first kappa shape index (κ1) is 13.3. The molecule has 1 aromatic carbocycles. The van der Waals surface area contributed by atoms with Gasteiger partial charge in [0.05, 0.1) is 0 Å². The lowest BCUT2D eigenvalue weighted by Gasteiger charge is -2.19. The van der Waals surface area contributed by atoms with Crippen molar-refractivity contribution in [1.82, 2.24) is 5.32 Å². The van der Waals surface area contributed by atoms with E-state index < -0.39 is 12.2 Å². The van der Waals surface area contributed by atoms with Crippen molar-refractivity contribution < 1.29 is 20.1 Å². The first-order valence-corrected chi connectivity index (χ1v) is 5.10. The van der Waals surface area contributed by atoms with Crippen LogP contribution in [0.2, 0.25) is 0 Å². The number of phenols is 1. The third-order valence-corrected chi connectivity index (χ3v) is 2.29. The molecule has 17 heavy (non-hydrogen) atoms. The number of amides is 1. The molecule has 0 heterocycles. The van der Waals surface area contributed by atoms with Crippen LogP contribution in [0.5, 0.6) is 5.75 Å². The molecule has 1 amide bonds. The highest BCUT2D eigenvalue weighted by Crippen LogP contribution is 2.28. The van der Waals surface area contributed by atoms with Gasteiger partial charge in [0.2, 0.25) is 5.91 Å². The lowest BCUT2D eigenvalue weighted by atomic mass is 10.0. The van der Waals surface area contributed by atoms with Crippen LogP contribution in [0.1, 0.15) is 18.6 Å². The summed E-state index contributed by atoms with van der Waals surface area (Å²) >= 11 is 0. The van der Waals surface area contributed by atoms with Gasteiger partial charge in [-0.3, -0.25) is 4.79 Å². The summed E-state index contributed by atoms with van der Waals surface area (Å²) in [5, 5.41) is 31.3. The van der Waals surface area contributed by atoms with E-state index in [1.54, 1.807) is 0 Å². The molecule has 0 bridgehead atoms. The second-order valence-electron chi connectivity index (χ2n) is 3.77. The van der Waals surface area contributed by atoms with Gasteiger partial charge in [0.25, 0.3) is 0 Å². The molecule has 6 N–H and O–H groups in total. The highest BCUT2D eigenvalue weighted by molar-refractivity contribution is 5.72. The summed E-state index contributed by atoms with van der Waals surface area (Å²) in [7, 11) is 0. The molecule has 0 fully saturated rings. The zero-order chi connectivity index (χ0) is 13.0. The molecule has 0 spiro atoms. The topological polar surface area (TPSA) is 116 Å². The van der Waals surface area contributed by atoms with Gasteiger partial charge in [-0.05, 0) is 18.2 Å². The van der Waals surface area contributed by atoms with Crippen LogP contribution >= 0.6 is 0 Å². The summed E-state index contributed by atoms with van der Waals surface area (Å²) in [4.78, 5) is 10.7. The molecule has 0 saturated heterocycles. The quantitative estimate of drug-likeness (QED) is 0.359. The summed E-state index contributed by atoms with van der Waals surface area (Å²) in [5.41, 5.74) is 6.01. The van der Waals surface area contributed by atoms with Crippen LogP contribution in [0.15, 0.2) is 18.2 Å². The minimum Gasteiger partial charge on any atom is -0.508 e. The standard InChI is InChI=1S/C11H16N2O4/c1-6(14)13-5-10(16)11(17)8-4-7(12)2-3-9(8)15/h2-4,10-11,15-17H,5,12H2,1H3,(H,13,14). The van der Waals surface area contributed by atoms with Gasteiger partial charge in [0.15, 0.2) is 0 Å². The number of anilines is 1. The maximum absolute atomic E-state index is 10.7. The average molecular weight is 240 g/mol. The van der Waals surface area contributed by atoms with E-state index in [0.29, 0.717) is 5.69 Å². The SMILES string of the molecule is CC(=O)NCC(O)C(O)c1cc(N)ccc1O. The van der Waals surface area contributed by atoms with E-state index in [0.717, 1.165) is 0 Å². The summed E-state index contributed by atoms with van der Waals surface area (Å²) in [6.45, 7) is 1.20. The average Bonchev–Trinajstić information content (AvgIpc) is 2.28. The number of aliphatic hydroxyl groups is 2. The molecular formula is C11H16N2O4. The van der Waals surface area contributed by atoms with Gasteiger partial charge < -0.3 is 26.4 Å². The molecule has 0 aromatic heterocycles. The van der Waals surface area contributed by atoms with Crippen molar-refractivity contribution in [2.75, 3.05) is 12.3 Å². The number of aliphatic hydroxyl groups excluding tert-OH is 2. The van der Waals surface area contributed by atoms with Crippen molar-refractivity contribution in [2.24, 2.45) is 0 Å². The molecule has 0 aliphatic rings. The number of nitrogens with one attached hydrogen (secondary N) is 1. The van der Waals surface area contributed by atoms with Crippen molar-refractivity contribution in [2.45, 2.75) is 19.1 Å². The second-order valence-corrected chi connectivity index (χ2v) is 3.77. The van der Waals surface area contributed by atoms with Crippen molar-refractivity contribution >= 4 is 11.6 Å². The van der Waals surface area contributed by atoms with Gasteiger partial charge in [-0.2, -0.15) is 0 Å². The number of hydrogen-bond donors (Lipinski definition) is 5. The number of carbonyl (C=O) groups excluding carboxylic acids is 1. The molecule has 1 aromatic rings. The van der Waals surface area contributed by atoms with Crippen LogP contribution in [0.3, 0.4) is 0 Å². The van der Waals surface area contributed by atoms with E-state index in [-0.39, 0.29) is 23.8 Å². The first-order chi connectivity index (χ1) is 7.91. The monoisotopic (exact) mass is 240 g/mol. The lowest BCUT2D eigenvalue weighted by Crippen LogP contribution is -2.34. The van der Waals surface area contributed by atoms with Crippen molar-refractivity contribution in [3.05, 3.63) is 23.8 Å². The van der Waals surface area contributed by atoms with Crippen molar-refractivity contribution in [3.8, 4) is 5.75 Å². The number of aromatic hydroxyl groups is 1. The van der Waals surface area contributed by atoms with Gasteiger partial charge in [0, 0.05) is 24.7 Å². The van der Waals surface area contributed by atoms with Crippen LogP contribution in [0.25, 0.3) is 0 Å². The number of benzene rings is 1. The molecule has 0 radical (unpaired) electrons. The Bertz CT molecular complexity index is 408. The maximum Gasteiger partial charge on any atom is 0.216 e. The van der Waals surface area contributed by atoms with E-state index in [1.807, 2.05) is 0 Å². The highest BCUT2D eigenvalue weighted by atomic mass is 16.3. The van der Waals surface area contributed by atoms with E-state index >= 15 is 0 Å². The molecule has 0 saturated carbocycles. The number of nitrogens with two attached hydrogens (primary N) is 1. The van der Waals surface area contributed by atoms with Crippen LogP contribution < -0.4 is 11.1 Å². The van der Waals surface area contributed by atoms with Crippen LogP contribution in [0.4, 0.5) is 5.69 Å². The molecule has 2 atom stereocenters. The Morgan fingerprint density at radius 2 is 2.12 bits per heavy atom. The minimum atomic E-state index is -1.31. The largest absolute Gasteiger partial charge is 0.508 e. The van der Waals surface area contributed by atoms with E-state index in [4.69, 9.17) is 5.73 Å². The predicted octanol–water partition coefficient (Wildman–Crippen LogP) is -0.495. The Balaban J connectivity index is 2.77. The number of nitrogen functional groups attached to an aromatic ring is 1. The lowest BCUT2D eigenvalue weighted by molar-refractivity contribution is -0.119. The normalized spacial score (nSPS) is 14.1. The number of phenolic OH excluding ortho intramolecular Hbond substituents is 1. The van der Waals surface area contributed by atoms with Gasteiger partial charge >= 0.3 is 0 Å². The summed E-state index contributed by atoms with van der Waals surface area (Å²) < 4.78 is 0. The minimum absolute atomic E-state index is 0.106. The molecule has 1 rings (SSSR count). The second kappa shape index (κ2) is 5.51. The van der Waals surface area contributed by atoms with Crippen LogP contribution in [-0.2, 0) is 4.79 Å². The number of rotatable bonds is 4. The molecule has 2 unspecified atom stereocenters. The maximum atomic E-state index is 10.7. The van der Waals surface area contributed by atoms with Gasteiger partial charge in [-0.15, -0.1) is 0 Å². The molecule has 6 heteroatoms. The molecule has 6 nitrogen and oxygen atoms in total. The Hall–Kier alpha value is -1.79. The van der Waals surface area contributed by atoms with Crippen LogP contribution in [-0.4, -0.2) is 33.9 Å². The fraction of sp³-hybridized carbons (Fsp3) is 0.364. The smallest absolute Gasteiger partial charge is 0.216 e. The van der Waals surface area contributed by atoms with Crippen molar-refractivity contribution in [3.63, 3.8) is 0 Å². The fourth-order valence-electron chi connectivity index (χ4n) is 1.38. The van der Waals surface area contributed by atoms with Gasteiger partial charge in [-0.25, -0.2) is 0 Å². The van der Waals surface area contributed by atoms with E-state index in [1.165, 1.54) is 25.1 Å². The summed E-state index contributed by atoms with van der Waals surface area (Å²) in [6, 6.07) is 4.18. The molecule has 94 valence electrons. The fourth-order valence-corrected chi connectivity index (χ4v) is 1.38. The Morgan fingerprint density at radius 1 is 1.47 bits per heavy atom. The third-order valence-electron chi connectivity index (χ3n) is 2.29. The highest BCUT2D eigenvalue weighted by Gasteiger charge is 2.21. The van der Waals surface area contributed by atoms with Crippen molar-refractivity contribution in [1.29, 1.82) is 0 Å². The van der Waals surface area contributed by atoms with E-state index in [2.05, 4.69) is 5.32 Å².